The zero-order valence-electron chi connectivity index (χ0n) is 16.7. The van der Waals surface area contributed by atoms with Crippen molar-refractivity contribution in [2.45, 2.75) is 13.5 Å². The number of nitrogens with one attached hydrogen (secondary N) is 1. The van der Waals surface area contributed by atoms with Crippen molar-refractivity contribution in [3.63, 3.8) is 0 Å². The van der Waals surface area contributed by atoms with Gasteiger partial charge in [-0.25, -0.2) is 4.79 Å². The van der Waals surface area contributed by atoms with Crippen molar-refractivity contribution >= 4 is 17.6 Å². The Balaban J connectivity index is 1.85. The highest BCUT2D eigenvalue weighted by molar-refractivity contribution is 5.92. The summed E-state index contributed by atoms with van der Waals surface area (Å²) in [7, 11) is 5.45. The van der Waals surface area contributed by atoms with Crippen molar-refractivity contribution in [3.8, 4) is 11.5 Å². The summed E-state index contributed by atoms with van der Waals surface area (Å²) in [6.45, 7) is 2.28. The number of methoxy groups -OCH3 is 1. The summed E-state index contributed by atoms with van der Waals surface area (Å²) in [4.78, 5) is 26.1. The second-order valence-corrected chi connectivity index (χ2v) is 6.21. The molecule has 2 aromatic carbocycles. The number of carbonyl (C=O) groups excluding carboxylic acids is 2. The molecule has 2 aromatic rings. The molecule has 0 unspecified atom stereocenters. The second kappa shape index (κ2) is 10.2. The SMILES string of the molecule is CCOc1cc(C(=O)OCC(=O)NCc2ccc(N(C)C)cc2)ccc1OC. The van der Waals surface area contributed by atoms with Crippen LogP contribution in [0.5, 0.6) is 11.5 Å². The summed E-state index contributed by atoms with van der Waals surface area (Å²) in [6.07, 6.45) is 0. The summed E-state index contributed by atoms with van der Waals surface area (Å²) in [5.74, 6) is -0.000766. The van der Waals surface area contributed by atoms with Gasteiger partial charge in [-0.2, -0.15) is 0 Å². The van der Waals surface area contributed by atoms with E-state index in [-0.39, 0.29) is 18.1 Å². The first-order valence-corrected chi connectivity index (χ1v) is 8.95. The van der Waals surface area contributed by atoms with Crippen LogP contribution in [0.2, 0.25) is 0 Å². The Labute approximate surface area is 165 Å². The van der Waals surface area contributed by atoms with Gasteiger partial charge in [0.2, 0.25) is 0 Å². The van der Waals surface area contributed by atoms with Crippen molar-refractivity contribution in [2.24, 2.45) is 0 Å². The number of hydrogen-bond donors (Lipinski definition) is 1. The molecule has 0 aliphatic rings. The zero-order valence-corrected chi connectivity index (χ0v) is 16.7. The van der Waals surface area contributed by atoms with E-state index in [2.05, 4.69) is 5.32 Å². The van der Waals surface area contributed by atoms with Crippen LogP contribution >= 0.6 is 0 Å². The lowest BCUT2D eigenvalue weighted by Crippen LogP contribution is -2.28. The molecule has 1 N–H and O–H groups in total. The topological polar surface area (TPSA) is 77.1 Å². The number of amides is 1. The third-order valence-corrected chi connectivity index (χ3v) is 3.98. The molecule has 0 bridgehead atoms. The zero-order chi connectivity index (χ0) is 20.5. The first-order valence-electron chi connectivity index (χ1n) is 8.95. The highest BCUT2D eigenvalue weighted by Gasteiger charge is 2.14. The minimum atomic E-state index is -0.603. The van der Waals surface area contributed by atoms with Crippen LogP contribution in [-0.2, 0) is 16.1 Å². The highest BCUT2D eigenvalue weighted by atomic mass is 16.5. The molecule has 7 nitrogen and oxygen atoms in total. The number of benzene rings is 2. The Bertz CT molecular complexity index is 803. The van der Waals surface area contributed by atoms with E-state index in [0.717, 1.165) is 11.3 Å². The van der Waals surface area contributed by atoms with Gasteiger partial charge in [-0.15, -0.1) is 0 Å². The lowest BCUT2D eigenvalue weighted by molar-refractivity contribution is -0.124. The predicted molar refractivity (Wildman–Crippen MR) is 107 cm³/mol. The van der Waals surface area contributed by atoms with Crippen LogP contribution in [0.25, 0.3) is 0 Å². The molecule has 0 radical (unpaired) electrons. The molecule has 7 heteroatoms. The fourth-order valence-corrected chi connectivity index (χ4v) is 2.45. The maximum absolute atomic E-state index is 12.2. The molecule has 1 amide bonds. The molecule has 28 heavy (non-hydrogen) atoms. The molecule has 0 atom stereocenters. The van der Waals surface area contributed by atoms with E-state index >= 15 is 0 Å². The van der Waals surface area contributed by atoms with Gasteiger partial charge in [-0.3, -0.25) is 4.79 Å². The van der Waals surface area contributed by atoms with Crippen LogP contribution in [0.15, 0.2) is 42.5 Å². The minimum Gasteiger partial charge on any atom is -0.493 e. The van der Waals surface area contributed by atoms with E-state index in [1.807, 2.05) is 50.2 Å². The van der Waals surface area contributed by atoms with Crippen LogP contribution in [0.3, 0.4) is 0 Å². The van der Waals surface area contributed by atoms with E-state index in [9.17, 15) is 9.59 Å². The fraction of sp³-hybridized carbons (Fsp3) is 0.333. The monoisotopic (exact) mass is 386 g/mol. The van der Waals surface area contributed by atoms with Crippen molar-refractivity contribution in [2.75, 3.05) is 39.3 Å². The minimum absolute atomic E-state index is 0.288. The fourth-order valence-electron chi connectivity index (χ4n) is 2.45. The molecule has 0 saturated heterocycles. The Morgan fingerprint density at radius 3 is 2.36 bits per heavy atom. The molecule has 0 spiro atoms. The highest BCUT2D eigenvalue weighted by Crippen LogP contribution is 2.28. The summed E-state index contributed by atoms with van der Waals surface area (Å²) >= 11 is 0. The average Bonchev–Trinajstić information content (AvgIpc) is 2.70. The van der Waals surface area contributed by atoms with Crippen molar-refractivity contribution in [1.82, 2.24) is 5.32 Å². The Hall–Kier alpha value is -3.22. The molecule has 0 saturated carbocycles. The molecular weight excluding hydrogens is 360 g/mol. The number of rotatable bonds is 9. The first kappa shape index (κ1) is 21.1. The average molecular weight is 386 g/mol. The van der Waals surface area contributed by atoms with Gasteiger partial charge in [0, 0.05) is 26.3 Å². The van der Waals surface area contributed by atoms with Gasteiger partial charge in [-0.05, 0) is 42.8 Å². The lowest BCUT2D eigenvalue weighted by Gasteiger charge is -2.13. The number of ether oxygens (including phenoxy) is 3. The Morgan fingerprint density at radius 2 is 1.75 bits per heavy atom. The van der Waals surface area contributed by atoms with Gasteiger partial charge >= 0.3 is 5.97 Å². The number of esters is 1. The largest absolute Gasteiger partial charge is 0.493 e. The molecule has 2 rings (SSSR count). The van der Waals surface area contributed by atoms with E-state index < -0.39 is 5.97 Å². The predicted octanol–water partition coefficient (Wildman–Crippen LogP) is 2.63. The number of hydrogen-bond acceptors (Lipinski definition) is 6. The van der Waals surface area contributed by atoms with E-state index in [1.165, 1.54) is 13.2 Å². The van der Waals surface area contributed by atoms with E-state index in [0.29, 0.717) is 24.7 Å². The molecule has 0 fully saturated rings. The lowest BCUT2D eigenvalue weighted by atomic mass is 10.2. The normalized spacial score (nSPS) is 10.1. The standard InChI is InChI=1S/C21H26N2O5/c1-5-27-19-12-16(8-11-18(19)26-4)21(25)28-14-20(24)22-13-15-6-9-17(10-7-15)23(2)3/h6-12H,5,13-14H2,1-4H3,(H,22,24). The summed E-state index contributed by atoms with van der Waals surface area (Å²) < 4.78 is 15.7. The summed E-state index contributed by atoms with van der Waals surface area (Å²) in [5, 5.41) is 2.73. The summed E-state index contributed by atoms with van der Waals surface area (Å²) in [6, 6.07) is 12.5. The van der Waals surface area contributed by atoms with Crippen LogP contribution in [0, 0.1) is 0 Å². The van der Waals surface area contributed by atoms with Crippen LogP contribution in [-0.4, -0.2) is 46.3 Å². The van der Waals surface area contributed by atoms with Gasteiger partial charge < -0.3 is 24.4 Å². The van der Waals surface area contributed by atoms with Crippen molar-refractivity contribution in [1.29, 1.82) is 0 Å². The number of nitrogens with zero attached hydrogens (tertiary/aromatic N) is 1. The quantitative estimate of drug-likeness (QED) is 0.668. The third kappa shape index (κ3) is 5.90. The third-order valence-electron chi connectivity index (χ3n) is 3.98. The molecule has 0 aromatic heterocycles. The number of anilines is 1. The summed E-state index contributed by atoms with van der Waals surface area (Å²) in [5.41, 5.74) is 2.33. The molecule has 0 aliphatic heterocycles. The molecule has 150 valence electrons. The smallest absolute Gasteiger partial charge is 0.338 e. The van der Waals surface area contributed by atoms with Gasteiger partial charge in [0.05, 0.1) is 19.3 Å². The molecule has 0 heterocycles. The van der Waals surface area contributed by atoms with Crippen LogP contribution in [0.1, 0.15) is 22.8 Å². The molecule has 0 aliphatic carbocycles. The first-order chi connectivity index (χ1) is 13.4. The van der Waals surface area contributed by atoms with E-state index in [4.69, 9.17) is 14.2 Å². The maximum atomic E-state index is 12.2. The van der Waals surface area contributed by atoms with E-state index in [1.54, 1.807) is 12.1 Å². The number of carbonyl (C=O) groups is 2. The van der Waals surface area contributed by atoms with Gasteiger partial charge in [0.1, 0.15) is 0 Å². The maximum Gasteiger partial charge on any atom is 0.338 e. The van der Waals surface area contributed by atoms with Gasteiger partial charge in [0.15, 0.2) is 18.1 Å². The van der Waals surface area contributed by atoms with Crippen molar-refractivity contribution in [3.05, 3.63) is 53.6 Å². The van der Waals surface area contributed by atoms with Crippen LogP contribution < -0.4 is 19.7 Å². The Kier molecular flexibility index (Phi) is 7.68. The second-order valence-electron chi connectivity index (χ2n) is 6.21. The van der Waals surface area contributed by atoms with Gasteiger partial charge in [0.25, 0.3) is 5.91 Å². The van der Waals surface area contributed by atoms with Gasteiger partial charge in [-0.1, -0.05) is 12.1 Å². The van der Waals surface area contributed by atoms with Crippen molar-refractivity contribution < 1.29 is 23.8 Å². The van der Waals surface area contributed by atoms with Crippen LogP contribution in [0.4, 0.5) is 5.69 Å². The molecular formula is C21H26N2O5. The Morgan fingerprint density at radius 1 is 1.04 bits per heavy atom.